The molecule has 1 atom stereocenters. The number of hydrogen-bond acceptors (Lipinski definition) is 4. The Morgan fingerprint density at radius 3 is 2.79 bits per heavy atom. The number of pyridine rings is 1. The third-order valence-electron chi connectivity index (χ3n) is 2.39. The Labute approximate surface area is 116 Å². The molecule has 1 rings (SSSR count). The van der Waals surface area contributed by atoms with Crippen LogP contribution in [0.1, 0.15) is 23.0 Å². The Morgan fingerprint density at radius 2 is 2.26 bits per heavy atom. The number of carboxylic acid groups (broad SMARTS) is 1. The molecule has 1 unspecified atom stereocenters. The van der Waals surface area contributed by atoms with Crippen molar-refractivity contribution >= 4 is 29.7 Å². The molecule has 1 aromatic rings. The van der Waals surface area contributed by atoms with Gasteiger partial charge in [-0.15, -0.1) is 0 Å². The van der Waals surface area contributed by atoms with E-state index in [1.54, 1.807) is 23.9 Å². The fraction of sp³-hybridized carbons (Fsp3) is 0.308. The molecule has 0 saturated heterocycles. The van der Waals surface area contributed by atoms with E-state index in [2.05, 4.69) is 10.3 Å². The molecule has 0 aliphatic rings. The van der Waals surface area contributed by atoms with Crippen LogP contribution in [0.4, 0.5) is 0 Å². The Kier molecular flexibility index (Phi) is 6.08. The van der Waals surface area contributed by atoms with Crippen molar-refractivity contribution in [2.75, 3.05) is 12.8 Å². The number of amides is 1. The van der Waals surface area contributed by atoms with Gasteiger partial charge in [-0.3, -0.25) is 9.78 Å². The fourth-order valence-corrected chi connectivity index (χ4v) is 1.47. The zero-order valence-electron chi connectivity index (χ0n) is 10.8. The van der Waals surface area contributed by atoms with E-state index in [1.807, 2.05) is 13.2 Å². The van der Waals surface area contributed by atoms with E-state index >= 15 is 0 Å². The normalized spacial score (nSPS) is 12.3. The van der Waals surface area contributed by atoms with Crippen molar-refractivity contribution in [2.24, 2.45) is 0 Å². The number of aromatic nitrogens is 1. The topological polar surface area (TPSA) is 79.3 Å². The highest BCUT2D eigenvalue weighted by Crippen LogP contribution is 2.05. The maximum absolute atomic E-state index is 11.7. The average molecular weight is 280 g/mol. The average Bonchev–Trinajstić information content (AvgIpc) is 2.42. The predicted molar refractivity (Wildman–Crippen MR) is 76.2 cm³/mol. The molecule has 0 aliphatic heterocycles. The first-order chi connectivity index (χ1) is 9.02. The molecule has 1 heterocycles. The highest BCUT2D eigenvalue weighted by atomic mass is 32.2. The minimum absolute atomic E-state index is 0.227. The summed E-state index contributed by atoms with van der Waals surface area (Å²) >= 11 is 1.67. The summed E-state index contributed by atoms with van der Waals surface area (Å²) in [4.78, 5) is 26.1. The van der Waals surface area contributed by atoms with E-state index in [1.165, 1.54) is 12.3 Å². The highest BCUT2D eigenvalue weighted by Gasteiger charge is 2.08. The lowest BCUT2D eigenvalue weighted by atomic mass is 10.2. The van der Waals surface area contributed by atoms with Gasteiger partial charge in [-0.05, 0) is 24.0 Å². The number of hydrogen-bond donors (Lipinski definition) is 2. The largest absolute Gasteiger partial charge is 0.478 e. The number of rotatable bonds is 6. The van der Waals surface area contributed by atoms with E-state index in [-0.39, 0.29) is 5.91 Å². The summed E-state index contributed by atoms with van der Waals surface area (Å²) in [6.07, 6.45) is 5.90. The van der Waals surface area contributed by atoms with Crippen molar-refractivity contribution in [3.8, 4) is 0 Å². The van der Waals surface area contributed by atoms with Crippen molar-refractivity contribution in [1.29, 1.82) is 0 Å². The molecular formula is C13H16N2O3S. The minimum atomic E-state index is -1.02. The molecule has 5 nitrogen and oxygen atoms in total. The van der Waals surface area contributed by atoms with Crippen LogP contribution in [-0.2, 0) is 4.79 Å². The molecule has 0 bridgehead atoms. The zero-order chi connectivity index (χ0) is 14.3. The first-order valence-electron chi connectivity index (χ1n) is 5.71. The maximum atomic E-state index is 11.7. The second-order valence-electron chi connectivity index (χ2n) is 3.90. The van der Waals surface area contributed by atoms with Crippen molar-refractivity contribution in [3.05, 3.63) is 35.7 Å². The monoisotopic (exact) mass is 280 g/mol. The molecule has 0 fully saturated rings. The van der Waals surface area contributed by atoms with Gasteiger partial charge in [-0.2, -0.15) is 11.8 Å². The third kappa shape index (κ3) is 5.56. The van der Waals surface area contributed by atoms with Crippen LogP contribution in [0.3, 0.4) is 0 Å². The Hall–Kier alpha value is -1.82. The van der Waals surface area contributed by atoms with Crippen LogP contribution in [0, 0.1) is 0 Å². The molecule has 0 spiro atoms. The maximum Gasteiger partial charge on any atom is 0.328 e. The van der Waals surface area contributed by atoms with Gasteiger partial charge in [-0.25, -0.2) is 4.79 Å². The van der Waals surface area contributed by atoms with E-state index < -0.39 is 5.97 Å². The summed E-state index contributed by atoms with van der Waals surface area (Å²) in [7, 11) is 0. The van der Waals surface area contributed by atoms with E-state index in [0.29, 0.717) is 23.1 Å². The first kappa shape index (κ1) is 15.2. The Balaban J connectivity index is 2.60. The second kappa shape index (κ2) is 7.58. The smallest absolute Gasteiger partial charge is 0.328 e. The lowest BCUT2D eigenvalue weighted by Crippen LogP contribution is -2.29. The number of carbonyl (C=O) groups excluding carboxylic acids is 1. The number of carboxylic acids is 1. The molecule has 0 aromatic carbocycles. The SMILES string of the molecule is CSC(C)CNC(=O)c1ccc(/C=C/C(=O)O)cn1. The van der Waals surface area contributed by atoms with Gasteiger partial charge in [0.05, 0.1) is 0 Å². The van der Waals surface area contributed by atoms with Crippen LogP contribution in [0.5, 0.6) is 0 Å². The van der Waals surface area contributed by atoms with Crippen molar-refractivity contribution < 1.29 is 14.7 Å². The molecule has 0 radical (unpaired) electrons. The molecule has 2 N–H and O–H groups in total. The van der Waals surface area contributed by atoms with Crippen molar-refractivity contribution in [1.82, 2.24) is 10.3 Å². The summed E-state index contributed by atoms with van der Waals surface area (Å²) in [5.74, 6) is -1.25. The van der Waals surface area contributed by atoms with Gasteiger partial charge in [0.15, 0.2) is 0 Å². The zero-order valence-corrected chi connectivity index (χ0v) is 11.6. The summed E-state index contributed by atoms with van der Waals surface area (Å²) in [6, 6.07) is 3.22. The molecule has 0 saturated carbocycles. The molecule has 6 heteroatoms. The Morgan fingerprint density at radius 1 is 1.53 bits per heavy atom. The predicted octanol–water partition coefficient (Wildman–Crippen LogP) is 1.66. The van der Waals surface area contributed by atoms with Gasteiger partial charge >= 0.3 is 5.97 Å². The molecular weight excluding hydrogens is 264 g/mol. The van der Waals surface area contributed by atoms with Crippen molar-refractivity contribution in [2.45, 2.75) is 12.2 Å². The standard InChI is InChI=1S/C13H16N2O3S/c1-9(19-2)7-15-13(18)11-5-3-10(8-14-11)4-6-12(16)17/h3-6,8-9H,7H2,1-2H3,(H,15,18)(H,16,17)/b6-4+. The Bertz CT molecular complexity index is 471. The van der Waals surface area contributed by atoms with Crippen LogP contribution in [-0.4, -0.2) is 40.0 Å². The van der Waals surface area contributed by atoms with Crippen LogP contribution in [0.2, 0.25) is 0 Å². The van der Waals surface area contributed by atoms with Gasteiger partial charge in [-0.1, -0.05) is 13.0 Å². The van der Waals surface area contributed by atoms with E-state index in [4.69, 9.17) is 5.11 Å². The number of nitrogens with zero attached hydrogens (tertiary/aromatic N) is 1. The van der Waals surface area contributed by atoms with Crippen molar-refractivity contribution in [3.63, 3.8) is 0 Å². The number of nitrogens with one attached hydrogen (secondary N) is 1. The lowest BCUT2D eigenvalue weighted by molar-refractivity contribution is -0.131. The highest BCUT2D eigenvalue weighted by molar-refractivity contribution is 7.99. The first-order valence-corrected chi connectivity index (χ1v) is 6.99. The molecule has 0 aliphatic carbocycles. The van der Waals surface area contributed by atoms with Gasteiger partial charge in [0, 0.05) is 24.1 Å². The van der Waals surface area contributed by atoms with Gasteiger partial charge in [0.1, 0.15) is 5.69 Å². The van der Waals surface area contributed by atoms with Gasteiger partial charge in [0.2, 0.25) is 0 Å². The third-order valence-corrected chi connectivity index (χ3v) is 3.36. The van der Waals surface area contributed by atoms with Gasteiger partial charge < -0.3 is 10.4 Å². The number of aliphatic carboxylic acids is 1. The quantitative estimate of drug-likeness (QED) is 0.775. The molecule has 102 valence electrons. The second-order valence-corrected chi connectivity index (χ2v) is 5.18. The van der Waals surface area contributed by atoms with Crippen LogP contribution < -0.4 is 5.32 Å². The summed E-state index contributed by atoms with van der Waals surface area (Å²) in [6.45, 7) is 2.61. The molecule has 1 amide bonds. The molecule has 19 heavy (non-hydrogen) atoms. The van der Waals surface area contributed by atoms with Crippen LogP contribution in [0.25, 0.3) is 6.08 Å². The number of carbonyl (C=O) groups is 2. The van der Waals surface area contributed by atoms with E-state index in [0.717, 1.165) is 6.08 Å². The minimum Gasteiger partial charge on any atom is -0.478 e. The summed E-state index contributed by atoms with van der Waals surface area (Å²) < 4.78 is 0. The fourth-order valence-electron chi connectivity index (χ4n) is 1.22. The van der Waals surface area contributed by atoms with Crippen LogP contribution >= 0.6 is 11.8 Å². The number of thioether (sulfide) groups is 1. The molecule has 1 aromatic heterocycles. The summed E-state index contributed by atoms with van der Waals surface area (Å²) in [5.41, 5.74) is 0.956. The van der Waals surface area contributed by atoms with Gasteiger partial charge in [0.25, 0.3) is 5.91 Å². The lowest BCUT2D eigenvalue weighted by Gasteiger charge is -2.09. The summed E-state index contributed by atoms with van der Waals surface area (Å²) in [5, 5.41) is 11.6. The van der Waals surface area contributed by atoms with E-state index in [9.17, 15) is 9.59 Å². The van der Waals surface area contributed by atoms with Crippen LogP contribution in [0.15, 0.2) is 24.4 Å².